The molecule has 98 valence electrons. The zero-order chi connectivity index (χ0) is 13.1. The van der Waals surface area contributed by atoms with Crippen LogP contribution in [0.3, 0.4) is 0 Å². The van der Waals surface area contributed by atoms with E-state index in [1.807, 2.05) is 24.0 Å². The van der Waals surface area contributed by atoms with E-state index in [4.69, 9.17) is 11.6 Å². The van der Waals surface area contributed by atoms with Gasteiger partial charge >= 0.3 is 0 Å². The van der Waals surface area contributed by atoms with Crippen molar-refractivity contribution in [2.75, 3.05) is 12.4 Å². The van der Waals surface area contributed by atoms with Crippen molar-refractivity contribution in [3.63, 3.8) is 0 Å². The molecule has 0 aliphatic carbocycles. The van der Waals surface area contributed by atoms with Crippen LogP contribution in [0, 0.1) is 12.8 Å². The van der Waals surface area contributed by atoms with Crippen molar-refractivity contribution in [3.8, 4) is 0 Å². The molecule has 2 atom stereocenters. The van der Waals surface area contributed by atoms with Crippen LogP contribution >= 0.6 is 11.6 Å². The lowest BCUT2D eigenvalue weighted by molar-refractivity contribution is -0.135. The summed E-state index contributed by atoms with van der Waals surface area (Å²) in [6, 6.07) is 8.58. The number of nitrogens with zero attached hydrogens (tertiary/aromatic N) is 1. The Kier molecular flexibility index (Phi) is 4.28. The van der Waals surface area contributed by atoms with Crippen LogP contribution < -0.4 is 0 Å². The first kappa shape index (κ1) is 13.4. The maximum Gasteiger partial charge on any atom is 0.227 e. The van der Waals surface area contributed by atoms with Crippen LogP contribution in [-0.4, -0.2) is 23.2 Å². The van der Waals surface area contributed by atoms with E-state index in [0.29, 0.717) is 5.88 Å². The number of aryl methyl sites for hydroxylation is 1. The molecule has 0 aromatic heterocycles. The average molecular weight is 266 g/mol. The Balaban J connectivity index is 2.23. The maximum absolute atomic E-state index is 12.3. The highest BCUT2D eigenvalue weighted by molar-refractivity contribution is 6.19. The number of hydrogen-bond acceptors (Lipinski definition) is 1. The molecule has 18 heavy (non-hydrogen) atoms. The van der Waals surface area contributed by atoms with Crippen LogP contribution in [-0.2, 0) is 4.79 Å². The van der Waals surface area contributed by atoms with Gasteiger partial charge in [-0.2, -0.15) is 0 Å². The van der Waals surface area contributed by atoms with Crippen LogP contribution in [0.2, 0.25) is 0 Å². The maximum atomic E-state index is 12.3. The van der Waals surface area contributed by atoms with Crippen molar-refractivity contribution in [1.82, 2.24) is 4.90 Å². The summed E-state index contributed by atoms with van der Waals surface area (Å²) in [6.45, 7) is 4.88. The third-order valence-corrected chi connectivity index (χ3v) is 4.20. The molecule has 1 amide bonds. The lowest BCUT2D eigenvalue weighted by Crippen LogP contribution is -2.35. The number of halogens is 1. The zero-order valence-electron chi connectivity index (χ0n) is 11.0. The Morgan fingerprint density at radius 2 is 2.22 bits per heavy atom. The molecule has 1 aliphatic rings. The van der Waals surface area contributed by atoms with Crippen LogP contribution in [0.4, 0.5) is 0 Å². The minimum atomic E-state index is -0.0868. The molecular formula is C15H20ClNO. The molecule has 2 unspecified atom stereocenters. The van der Waals surface area contributed by atoms with Gasteiger partial charge in [0.15, 0.2) is 0 Å². The molecule has 1 aromatic rings. The largest absolute Gasteiger partial charge is 0.335 e. The van der Waals surface area contributed by atoms with Crippen LogP contribution in [0.5, 0.6) is 0 Å². The highest BCUT2D eigenvalue weighted by Gasteiger charge is 2.32. The number of carbonyl (C=O) groups is 1. The summed E-state index contributed by atoms with van der Waals surface area (Å²) in [5.74, 6) is 0.502. The number of carbonyl (C=O) groups excluding carboxylic acids is 1. The van der Waals surface area contributed by atoms with Gasteiger partial charge in [-0.05, 0) is 30.9 Å². The molecular weight excluding hydrogens is 246 g/mol. The van der Waals surface area contributed by atoms with Gasteiger partial charge in [0, 0.05) is 18.3 Å². The molecule has 0 N–H and O–H groups in total. The van der Waals surface area contributed by atoms with E-state index in [1.165, 1.54) is 11.1 Å². The van der Waals surface area contributed by atoms with E-state index in [2.05, 4.69) is 19.1 Å². The zero-order valence-corrected chi connectivity index (χ0v) is 11.8. The molecule has 2 rings (SSSR count). The second-order valence-corrected chi connectivity index (χ2v) is 5.41. The Bertz CT molecular complexity index is 432. The number of benzene rings is 1. The Morgan fingerprint density at radius 3 is 2.89 bits per heavy atom. The van der Waals surface area contributed by atoms with Gasteiger partial charge in [0.05, 0.1) is 6.04 Å². The minimum absolute atomic E-state index is 0.0868. The van der Waals surface area contributed by atoms with E-state index < -0.39 is 0 Å². The van der Waals surface area contributed by atoms with E-state index in [0.717, 1.165) is 19.4 Å². The smallest absolute Gasteiger partial charge is 0.227 e. The van der Waals surface area contributed by atoms with Crippen molar-refractivity contribution >= 4 is 17.5 Å². The van der Waals surface area contributed by atoms with Gasteiger partial charge < -0.3 is 4.90 Å². The average Bonchev–Trinajstić information content (AvgIpc) is 2.86. The molecule has 3 heteroatoms. The monoisotopic (exact) mass is 265 g/mol. The highest BCUT2D eigenvalue weighted by atomic mass is 35.5. The van der Waals surface area contributed by atoms with Crippen molar-refractivity contribution in [1.29, 1.82) is 0 Å². The van der Waals surface area contributed by atoms with Gasteiger partial charge in [0.2, 0.25) is 5.91 Å². The van der Waals surface area contributed by atoms with Gasteiger partial charge in [-0.3, -0.25) is 4.79 Å². The second kappa shape index (κ2) is 5.75. The highest BCUT2D eigenvalue weighted by Crippen LogP contribution is 2.34. The molecule has 1 heterocycles. The second-order valence-electron chi connectivity index (χ2n) is 5.10. The first-order valence-electron chi connectivity index (χ1n) is 6.57. The van der Waals surface area contributed by atoms with Crippen LogP contribution in [0.15, 0.2) is 24.3 Å². The third kappa shape index (κ3) is 2.54. The van der Waals surface area contributed by atoms with Crippen molar-refractivity contribution in [2.24, 2.45) is 5.92 Å². The van der Waals surface area contributed by atoms with E-state index in [-0.39, 0.29) is 17.9 Å². The predicted molar refractivity (Wildman–Crippen MR) is 74.8 cm³/mol. The molecule has 1 aliphatic heterocycles. The number of rotatable bonds is 3. The van der Waals surface area contributed by atoms with Crippen molar-refractivity contribution in [2.45, 2.75) is 32.7 Å². The Morgan fingerprint density at radius 1 is 1.50 bits per heavy atom. The molecule has 1 saturated heterocycles. The van der Waals surface area contributed by atoms with E-state index >= 15 is 0 Å². The number of hydrogen-bond donors (Lipinski definition) is 0. The van der Waals surface area contributed by atoms with E-state index in [9.17, 15) is 4.79 Å². The van der Waals surface area contributed by atoms with Crippen molar-refractivity contribution < 1.29 is 4.79 Å². The summed E-state index contributed by atoms with van der Waals surface area (Å²) in [5.41, 5.74) is 2.55. The summed E-state index contributed by atoms with van der Waals surface area (Å²) >= 11 is 5.80. The summed E-state index contributed by atoms with van der Waals surface area (Å²) < 4.78 is 0. The van der Waals surface area contributed by atoms with Crippen LogP contribution in [0.1, 0.15) is 36.9 Å². The van der Waals surface area contributed by atoms with Gasteiger partial charge in [-0.25, -0.2) is 0 Å². The number of alkyl halides is 1. The first-order valence-corrected chi connectivity index (χ1v) is 7.10. The first-order chi connectivity index (χ1) is 8.65. The number of likely N-dealkylation sites (tertiary alicyclic amines) is 1. The van der Waals surface area contributed by atoms with Crippen molar-refractivity contribution in [3.05, 3.63) is 35.4 Å². The molecule has 0 saturated carbocycles. The Labute approximate surface area is 114 Å². The van der Waals surface area contributed by atoms with Gasteiger partial charge in [-0.15, -0.1) is 11.6 Å². The van der Waals surface area contributed by atoms with Crippen LogP contribution in [0.25, 0.3) is 0 Å². The summed E-state index contributed by atoms with van der Waals surface area (Å²) in [5, 5.41) is 0. The predicted octanol–water partition coefficient (Wildman–Crippen LogP) is 3.53. The van der Waals surface area contributed by atoms with Gasteiger partial charge in [0.1, 0.15) is 0 Å². The summed E-state index contributed by atoms with van der Waals surface area (Å²) in [6.07, 6.45) is 2.14. The molecule has 0 spiro atoms. The molecule has 2 nitrogen and oxygen atoms in total. The summed E-state index contributed by atoms with van der Waals surface area (Å²) in [4.78, 5) is 14.3. The van der Waals surface area contributed by atoms with Gasteiger partial charge in [-0.1, -0.05) is 31.2 Å². The quantitative estimate of drug-likeness (QED) is 0.766. The SMILES string of the molecule is Cc1ccccc1C1CCCN1C(=O)C(C)CCl. The third-order valence-electron chi connectivity index (χ3n) is 3.74. The molecule has 0 radical (unpaired) electrons. The molecule has 0 bridgehead atoms. The summed E-state index contributed by atoms with van der Waals surface area (Å²) in [7, 11) is 0. The normalized spacial score (nSPS) is 21.1. The number of amides is 1. The standard InChI is InChI=1S/C15H20ClNO/c1-11-6-3-4-7-13(11)14-8-5-9-17(14)15(18)12(2)10-16/h3-4,6-7,12,14H,5,8-10H2,1-2H3. The minimum Gasteiger partial charge on any atom is -0.335 e. The molecule has 1 aromatic carbocycles. The fraction of sp³-hybridized carbons (Fsp3) is 0.533. The van der Waals surface area contributed by atoms with Gasteiger partial charge in [0.25, 0.3) is 0 Å². The fourth-order valence-corrected chi connectivity index (χ4v) is 2.80. The topological polar surface area (TPSA) is 20.3 Å². The lowest BCUT2D eigenvalue weighted by atomic mass is 9.99. The Hall–Kier alpha value is -1.02. The lowest BCUT2D eigenvalue weighted by Gasteiger charge is -2.28. The molecule has 1 fully saturated rings. The fourth-order valence-electron chi connectivity index (χ4n) is 2.66. The van der Waals surface area contributed by atoms with E-state index in [1.54, 1.807) is 0 Å².